The minimum atomic E-state index is 0.00767. The van der Waals surface area contributed by atoms with Crippen LogP contribution in [0.25, 0.3) is 0 Å². The van der Waals surface area contributed by atoms with Gasteiger partial charge in [0.15, 0.2) is 11.6 Å². The van der Waals surface area contributed by atoms with Gasteiger partial charge in [-0.1, -0.05) is 35.5 Å². The second kappa shape index (κ2) is 9.41. The van der Waals surface area contributed by atoms with E-state index in [4.69, 9.17) is 9.26 Å². The highest BCUT2D eigenvalue weighted by Crippen LogP contribution is 2.27. The highest BCUT2D eigenvalue weighted by Gasteiger charge is 2.27. The molecule has 27 heavy (non-hydrogen) atoms. The molecule has 7 nitrogen and oxygen atoms in total. The highest BCUT2D eigenvalue weighted by molar-refractivity contribution is 5.97. The van der Waals surface area contributed by atoms with Crippen molar-refractivity contribution in [3.63, 3.8) is 0 Å². The van der Waals surface area contributed by atoms with Crippen molar-refractivity contribution in [2.45, 2.75) is 38.0 Å². The van der Waals surface area contributed by atoms with Gasteiger partial charge in [0, 0.05) is 50.9 Å². The molecule has 0 unspecified atom stereocenters. The van der Waals surface area contributed by atoms with Crippen LogP contribution in [0.4, 0.5) is 0 Å². The zero-order chi connectivity index (χ0) is 19.1. The van der Waals surface area contributed by atoms with Crippen LogP contribution < -0.4 is 0 Å². The molecule has 2 aromatic rings. The van der Waals surface area contributed by atoms with E-state index in [2.05, 4.69) is 10.1 Å². The number of nitrogens with zero attached hydrogens (tertiary/aromatic N) is 3. The maximum Gasteiger partial charge on any atom is 0.229 e. The first-order chi connectivity index (χ1) is 13.2. The first kappa shape index (κ1) is 19.2. The number of amides is 1. The smallest absolute Gasteiger partial charge is 0.229 e. The lowest BCUT2D eigenvalue weighted by Crippen LogP contribution is -2.38. The fraction of sp³-hybridized carbons (Fsp3) is 0.500. The Morgan fingerprint density at radius 1 is 1.19 bits per heavy atom. The lowest BCUT2D eigenvalue weighted by atomic mass is 9.96. The molecule has 2 heterocycles. The Morgan fingerprint density at radius 2 is 1.93 bits per heavy atom. The topological polar surface area (TPSA) is 85.5 Å². The number of ketones is 1. The summed E-state index contributed by atoms with van der Waals surface area (Å²) in [7, 11) is 1.64. The highest BCUT2D eigenvalue weighted by atomic mass is 16.5. The molecule has 0 aliphatic carbocycles. The van der Waals surface area contributed by atoms with Crippen LogP contribution in [0.3, 0.4) is 0 Å². The van der Waals surface area contributed by atoms with Crippen LogP contribution in [0.2, 0.25) is 0 Å². The number of rotatable bonds is 8. The van der Waals surface area contributed by atoms with Gasteiger partial charge in [0.1, 0.15) is 0 Å². The first-order valence-electron chi connectivity index (χ1n) is 9.35. The zero-order valence-electron chi connectivity index (χ0n) is 15.6. The van der Waals surface area contributed by atoms with Crippen molar-refractivity contribution in [1.82, 2.24) is 15.0 Å². The van der Waals surface area contributed by atoms with Gasteiger partial charge in [0.05, 0.1) is 6.61 Å². The van der Waals surface area contributed by atoms with Crippen LogP contribution in [0.5, 0.6) is 0 Å². The summed E-state index contributed by atoms with van der Waals surface area (Å²) in [4.78, 5) is 30.8. The lowest BCUT2D eigenvalue weighted by molar-refractivity contribution is -0.132. The number of benzene rings is 1. The van der Waals surface area contributed by atoms with Crippen molar-refractivity contribution < 1.29 is 18.8 Å². The third-order valence-corrected chi connectivity index (χ3v) is 4.87. The zero-order valence-corrected chi connectivity index (χ0v) is 15.6. The Labute approximate surface area is 158 Å². The molecule has 0 radical (unpaired) electrons. The maximum atomic E-state index is 12.4. The molecular formula is C20H25N3O4. The molecule has 0 saturated carbocycles. The van der Waals surface area contributed by atoms with E-state index in [1.807, 2.05) is 23.1 Å². The normalized spacial score (nSPS) is 15.1. The van der Waals surface area contributed by atoms with Crippen molar-refractivity contribution in [3.8, 4) is 0 Å². The monoisotopic (exact) mass is 371 g/mol. The fourth-order valence-electron chi connectivity index (χ4n) is 3.25. The molecule has 0 bridgehead atoms. The predicted octanol–water partition coefficient (Wildman–Crippen LogP) is 2.63. The Hall–Kier alpha value is -2.54. The van der Waals surface area contributed by atoms with Crippen LogP contribution in [-0.4, -0.2) is 53.5 Å². The van der Waals surface area contributed by atoms with E-state index < -0.39 is 0 Å². The summed E-state index contributed by atoms with van der Waals surface area (Å²) >= 11 is 0. The Morgan fingerprint density at radius 3 is 2.63 bits per heavy atom. The van der Waals surface area contributed by atoms with Gasteiger partial charge in [-0.05, 0) is 12.8 Å². The number of carbonyl (C=O) groups excluding carboxylic acids is 2. The molecule has 1 amide bonds. The third kappa shape index (κ3) is 5.23. The number of aromatic nitrogens is 2. The standard InChI is InChI=1S/C20H25N3O4/c1-26-14-11-18-21-20(27-22-18)16-9-12-23(13-10-16)19(25)8-7-17(24)15-5-3-2-4-6-15/h2-6,16H,7-14H2,1H3. The van der Waals surface area contributed by atoms with Crippen LogP contribution in [-0.2, 0) is 16.0 Å². The Balaban J connectivity index is 1.44. The summed E-state index contributed by atoms with van der Waals surface area (Å²) < 4.78 is 10.4. The number of Topliss-reactive ketones (excluding diaryl/α,β-unsaturated/α-hetero) is 1. The second-order valence-corrected chi connectivity index (χ2v) is 6.74. The van der Waals surface area contributed by atoms with Gasteiger partial charge in [0.2, 0.25) is 11.8 Å². The van der Waals surface area contributed by atoms with E-state index in [0.717, 1.165) is 12.8 Å². The summed E-state index contributed by atoms with van der Waals surface area (Å²) in [6.07, 6.45) is 2.72. The number of piperidine rings is 1. The van der Waals surface area contributed by atoms with E-state index in [-0.39, 0.29) is 30.4 Å². The van der Waals surface area contributed by atoms with E-state index >= 15 is 0 Å². The van der Waals surface area contributed by atoms with Crippen LogP contribution >= 0.6 is 0 Å². The summed E-state index contributed by atoms with van der Waals surface area (Å²) in [5.74, 6) is 1.53. The SMILES string of the molecule is COCCc1noc(C2CCN(C(=O)CCC(=O)c3ccccc3)CC2)n1. The van der Waals surface area contributed by atoms with E-state index in [9.17, 15) is 9.59 Å². The van der Waals surface area contributed by atoms with Crippen LogP contribution in [0.15, 0.2) is 34.9 Å². The van der Waals surface area contributed by atoms with Gasteiger partial charge in [0.25, 0.3) is 0 Å². The fourth-order valence-corrected chi connectivity index (χ4v) is 3.25. The van der Waals surface area contributed by atoms with E-state index in [1.165, 1.54) is 0 Å². The van der Waals surface area contributed by atoms with Crippen molar-refractivity contribution >= 4 is 11.7 Å². The molecule has 0 atom stereocenters. The number of methoxy groups -OCH3 is 1. The van der Waals surface area contributed by atoms with Gasteiger partial charge < -0.3 is 14.2 Å². The molecule has 1 aromatic carbocycles. The molecule has 0 spiro atoms. The molecule has 1 fully saturated rings. The molecule has 1 aromatic heterocycles. The third-order valence-electron chi connectivity index (χ3n) is 4.87. The molecule has 144 valence electrons. The first-order valence-corrected chi connectivity index (χ1v) is 9.35. The number of hydrogen-bond donors (Lipinski definition) is 0. The summed E-state index contributed by atoms with van der Waals surface area (Å²) in [6.45, 7) is 1.87. The summed E-state index contributed by atoms with van der Waals surface area (Å²) in [5.41, 5.74) is 0.657. The maximum absolute atomic E-state index is 12.4. The Kier molecular flexibility index (Phi) is 6.70. The average molecular weight is 371 g/mol. The predicted molar refractivity (Wildman–Crippen MR) is 98.4 cm³/mol. The van der Waals surface area contributed by atoms with Crippen molar-refractivity contribution in [2.24, 2.45) is 0 Å². The van der Waals surface area contributed by atoms with Gasteiger partial charge >= 0.3 is 0 Å². The van der Waals surface area contributed by atoms with Crippen molar-refractivity contribution in [2.75, 3.05) is 26.8 Å². The van der Waals surface area contributed by atoms with E-state index in [0.29, 0.717) is 43.4 Å². The van der Waals surface area contributed by atoms with Crippen molar-refractivity contribution in [1.29, 1.82) is 0 Å². The van der Waals surface area contributed by atoms with Gasteiger partial charge in [-0.25, -0.2) is 0 Å². The average Bonchev–Trinajstić information content (AvgIpc) is 3.20. The number of carbonyl (C=O) groups is 2. The number of hydrogen-bond acceptors (Lipinski definition) is 6. The van der Waals surface area contributed by atoms with E-state index in [1.54, 1.807) is 19.2 Å². The molecule has 1 aliphatic heterocycles. The molecule has 3 rings (SSSR count). The van der Waals surface area contributed by atoms with Gasteiger partial charge in [-0.2, -0.15) is 4.98 Å². The second-order valence-electron chi connectivity index (χ2n) is 6.74. The molecule has 1 saturated heterocycles. The number of ether oxygens (including phenoxy) is 1. The minimum absolute atomic E-state index is 0.00767. The molecule has 1 aliphatic rings. The minimum Gasteiger partial charge on any atom is -0.384 e. The van der Waals surface area contributed by atoms with Crippen LogP contribution in [0.1, 0.15) is 53.7 Å². The van der Waals surface area contributed by atoms with Gasteiger partial charge in [-0.3, -0.25) is 9.59 Å². The quantitative estimate of drug-likeness (QED) is 0.663. The van der Waals surface area contributed by atoms with Gasteiger partial charge in [-0.15, -0.1) is 0 Å². The van der Waals surface area contributed by atoms with Crippen LogP contribution in [0, 0.1) is 0 Å². The van der Waals surface area contributed by atoms with Crippen molar-refractivity contribution in [3.05, 3.63) is 47.6 Å². The molecule has 7 heteroatoms. The lowest BCUT2D eigenvalue weighted by Gasteiger charge is -2.30. The molecular weight excluding hydrogens is 346 g/mol. The summed E-state index contributed by atoms with van der Waals surface area (Å²) in [6, 6.07) is 9.10. The summed E-state index contributed by atoms with van der Waals surface area (Å²) in [5, 5.41) is 3.98. The Bertz CT molecular complexity index is 752. The largest absolute Gasteiger partial charge is 0.384 e. The number of likely N-dealkylation sites (tertiary alicyclic amines) is 1. The molecule has 0 N–H and O–H groups in total.